The summed E-state index contributed by atoms with van der Waals surface area (Å²) in [6, 6.07) is 9.26. The van der Waals surface area contributed by atoms with Crippen molar-refractivity contribution in [2.75, 3.05) is 6.54 Å². The van der Waals surface area contributed by atoms with Gasteiger partial charge in [0.1, 0.15) is 5.70 Å². The Morgan fingerprint density at radius 3 is 2.58 bits per heavy atom. The number of carbonyl (C=O) groups excluding carboxylic acids is 1. The van der Waals surface area contributed by atoms with Crippen molar-refractivity contribution in [1.82, 2.24) is 5.32 Å². The van der Waals surface area contributed by atoms with E-state index >= 15 is 0 Å². The van der Waals surface area contributed by atoms with E-state index in [0.717, 1.165) is 5.56 Å². The van der Waals surface area contributed by atoms with Crippen molar-refractivity contribution in [2.45, 2.75) is 13.3 Å². The van der Waals surface area contributed by atoms with Gasteiger partial charge in [-0.15, -0.1) is 0 Å². The van der Waals surface area contributed by atoms with Gasteiger partial charge in [0.25, 0.3) is 5.91 Å². The summed E-state index contributed by atoms with van der Waals surface area (Å²) in [5.74, 6) is -1.54. The number of hydrogen-bond acceptors (Lipinski definition) is 3. The van der Waals surface area contributed by atoms with Crippen molar-refractivity contribution >= 4 is 17.6 Å². The molecule has 0 saturated heterocycles. The molecule has 98 valence electrons. The van der Waals surface area contributed by atoms with E-state index in [0.29, 0.717) is 12.3 Å². The zero-order valence-electron chi connectivity index (χ0n) is 10.5. The molecule has 0 fully saturated rings. The van der Waals surface area contributed by atoms with Gasteiger partial charge in [-0.1, -0.05) is 30.3 Å². The van der Waals surface area contributed by atoms with Crippen molar-refractivity contribution in [3.8, 4) is 0 Å². The summed E-state index contributed by atoms with van der Waals surface area (Å²) in [6.07, 6.45) is 0.172. The molecule has 0 saturated carbocycles. The summed E-state index contributed by atoms with van der Waals surface area (Å²) in [4.78, 5) is 27.2. The van der Waals surface area contributed by atoms with Gasteiger partial charge in [-0.3, -0.25) is 4.79 Å². The molecule has 19 heavy (non-hydrogen) atoms. The second-order valence-electron chi connectivity index (χ2n) is 4.09. The Balaban J connectivity index is 2.33. The first kappa shape index (κ1) is 13.0. The highest BCUT2D eigenvalue weighted by atomic mass is 16.4. The molecule has 0 unspecified atom stereocenters. The van der Waals surface area contributed by atoms with Gasteiger partial charge in [-0.25, -0.2) is 9.79 Å². The first-order valence-corrected chi connectivity index (χ1v) is 6.01. The molecule has 1 aromatic rings. The number of aliphatic imine (C=N–C) groups is 1. The number of carbonyl (C=O) groups is 2. The molecule has 5 heteroatoms. The number of aliphatic carboxylic acids is 1. The Bertz CT molecular complexity index is 574. The van der Waals surface area contributed by atoms with Crippen LogP contribution in [-0.4, -0.2) is 29.2 Å². The van der Waals surface area contributed by atoms with Crippen molar-refractivity contribution in [3.05, 3.63) is 47.2 Å². The summed E-state index contributed by atoms with van der Waals surface area (Å²) in [7, 11) is 0. The maximum atomic E-state index is 11.8. The molecule has 0 aromatic heterocycles. The van der Waals surface area contributed by atoms with E-state index in [1.165, 1.54) is 0 Å². The Kier molecular flexibility index (Phi) is 3.75. The summed E-state index contributed by atoms with van der Waals surface area (Å²) in [5.41, 5.74) is 1.50. The zero-order chi connectivity index (χ0) is 13.8. The number of nitrogens with one attached hydrogen (secondary N) is 1. The minimum Gasteiger partial charge on any atom is -0.478 e. The van der Waals surface area contributed by atoms with E-state index in [4.69, 9.17) is 5.11 Å². The number of nitrogens with zero attached hydrogens (tertiary/aromatic N) is 1. The maximum Gasteiger partial charge on any atom is 0.334 e. The van der Waals surface area contributed by atoms with Gasteiger partial charge >= 0.3 is 5.97 Å². The molecule has 0 bridgehead atoms. The lowest BCUT2D eigenvalue weighted by Crippen LogP contribution is -2.24. The maximum absolute atomic E-state index is 11.8. The average Bonchev–Trinajstić information content (AvgIpc) is 2.85. The van der Waals surface area contributed by atoms with Crippen molar-refractivity contribution in [1.29, 1.82) is 0 Å². The molecule has 2 rings (SSSR count). The van der Waals surface area contributed by atoms with Crippen LogP contribution < -0.4 is 5.32 Å². The van der Waals surface area contributed by atoms with E-state index in [1.807, 2.05) is 30.3 Å². The van der Waals surface area contributed by atoms with E-state index < -0.39 is 11.9 Å². The van der Waals surface area contributed by atoms with E-state index in [-0.39, 0.29) is 17.7 Å². The van der Waals surface area contributed by atoms with Gasteiger partial charge < -0.3 is 10.4 Å². The topological polar surface area (TPSA) is 78.8 Å². The van der Waals surface area contributed by atoms with Gasteiger partial charge in [0.05, 0.1) is 11.3 Å². The second-order valence-corrected chi connectivity index (χ2v) is 4.09. The molecule has 1 aliphatic rings. The number of hydrogen-bond donors (Lipinski definition) is 2. The third-order valence-corrected chi connectivity index (χ3v) is 2.79. The molecular weight excluding hydrogens is 244 g/mol. The molecule has 0 aliphatic carbocycles. The van der Waals surface area contributed by atoms with Crippen LogP contribution in [-0.2, 0) is 9.59 Å². The van der Waals surface area contributed by atoms with Crippen LogP contribution in [0.1, 0.15) is 18.9 Å². The number of carboxylic acids is 1. The average molecular weight is 258 g/mol. The fourth-order valence-corrected chi connectivity index (χ4v) is 1.90. The highest BCUT2D eigenvalue weighted by Gasteiger charge is 2.27. The first-order valence-electron chi connectivity index (χ1n) is 6.01. The minimum atomic E-state index is -1.10. The third-order valence-electron chi connectivity index (χ3n) is 2.79. The predicted molar refractivity (Wildman–Crippen MR) is 70.9 cm³/mol. The lowest BCUT2D eigenvalue weighted by Gasteiger charge is -2.01. The van der Waals surface area contributed by atoms with Gasteiger partial charge in [0.2, 0.25) is 0 Å². The van der Waals surface area contributed by atoms with Crippen LogP contribution in [0.3, 0.4) is 0 Å². The second kappa shape index (κ2) is 5.48. The molecule has 1 heterocycles. The Hall–Kier alpha value is -2.43. The highest BCUT2D eigenvalue weighted by molar-refractivity contribution is 6.15. The van der Waals surface area contributed by atoms with Gasteiger partial charge in [0.15, 0.2) is 0 Å². The van der Waals surface area contributed by atoms with Gasteiger partial charge in [0, 0.05) is 13.0 Å². The minimum absolute atomic E-state index is 0.00760. The lowest BCUT2D eigenvalue weighted by atomic mass is 10.0. The van der Waals surface area contributed by atoms with Crippen LogP contribution in [0.25, 0.3) is 0 Å². The molecule has 2 N–H and O–H groups in total. The quantitative estimate of drug-likeness (QED) is 0.855. The fourth-order valence-electron chi connectivity index (χ4n) is 1.90. The number of amides is 1. The van der Waals surface area contributed by atoms with E-state index in [9.17, 15) is 9.59 Å². The molecule has 5 nitrogen and oxygen atoms in total. The number of carboxylic acid groups (broad SMARTS) is 1. The molecular formula is C14H14N2O3. The predicted octanol–water partition coefficient (Wildman–Crippen LogP) is 1.35. The fraction of sp³-hybridized carbons (Fsp3) is 0.214. The monoisotopic (exact) mass is 258 g/mol. The first-order chi connectivity index (χ1) is 9.13. The smallest absolute Gasteiger partial charge is 0.334 e. The van der Waals surface area contributed by atoms with Crippen molar-refractivity contribution < 1.29 is 14.7 Å². The van der Waals surface area contributed by atoms with Crippen molar-refractivity contribution in [2.24, 2.45) is 4.99 Å². The Morgan fingerprint density at radius 1 is 1.32 bits per heavy atom. The normalized spacial score (nSPS) is 14.3. The van der Waals surface area contributed by atoms with E-state index in [2.05, 4.69) is 10.3 Å². The van der Waals surface area contributed by atoms with Crippen LogP contribution in [0.2, 0.25) is 0 Å². The Morgan fingerprint density at radius 2 is 2.00 bits per heavy atom. The number of rotatable bonds is 4. The summed E-state index contributed by atoms with van der Waals surface area (Å²) >= 11 is 0. The summed E-state index contributed by atoms with van der Waals surface area (Å²) in [6.45, 7) is 2.21. The molecule has 1 aliphatic heterocycles. The Labute approximate surface area is 110 Å². The summed E-state index contributed by atoms with van der Waals surface area (Å²) in [5, 5.41) is 11.7. The van der Waals surface area contributed by atoms with Gasteiger partial charge in [-0.2, -0.15) is 0 Å². The zero-order valence-corrected chi connectivity index (χ0v) is 10.5. The summed E-state index contributed by atoms with van der Waals surface area (Å²) < 4.78 is 0. The van der Waals surface area contributed by atoms with Crippen molar-refractivity contribution in [3.63, 3.8) is 0 Å². The standard InChI is InChI=1S/C14H14N2O3/c1-2-15-13(17)12-10(14(18)19)8-11(16-12)9-6-4-3-5-7-9/h3-7H,2,8H2,1H3,(H,15,17)(H,18,19). The lowest BCUT2D eigenvalue weighted by molar-refractivity contribution is -0.133. The SMILES string of the molecule is CCNC(=O)C1=C(C(=O)O)CC(c2ccccc2)=N1. The van der Waals surface area contributed by atoms with Crippen LogP contribution >= 0.6 is 0 Å². The third kappa shape index (κ3) is 2.70. The van der Waals surface area contributed by atoms with E-state index in [1.54, 1.807) is 6.92 Å². The number of likely N-dealkylation sites (N-methyl/N-ethyl adjacent to an activating group) is 1. The highest BCUT2D eigenvalue weighted by Crippen LogP contribution is 2.23. The van der Waals surface area contributed by atoms with Crippen LogP contribution in [0.15, 0.2) is 46.6 Å². The van der Waals surface area contributed by atoms with Crippen LogP contribution in [0.4, 0.5) is 0 Å². The van der Waals surface area contributed by atoms with Gasteiger partial charge in [-0.05, 0) is 12.5 Å². The molecule has 1 amide bonds. The molecule has 0 atom stereocenters. The van der Waals surface area contributed by atoms with Crippen LogP contribution in [0.5, 0.6) is 0 Å². The van der Waals surface area contributed by atoms with Crippen LogP contribution in [0, 0.1) is 0 Å². The largest absolute Gasteiger partial charge is 0.478 e. The molecule has 1 aromatic carbocycles. The molecule has 0 spiro atoms. The number of benzene rings is 1. The molecule has 0 radical (unpaired) electrons.